The maximum absolute atomic E-state index is 9.64. The molecular weight excluding hydrogens is 226 g/mol. The standard InChI is InChI=1S/C14H25N3O/c1-10-7-11(2)17(16-10)12(3)8-14(4,9-18)15-13-5-6-13/h7,12-13,15,18H,5-6,8-9H2,1-4H3. The second kappa shape index (κ2) is 5.02. The summed E-state index contributed by atoms with van der Waals surface area (Å²) in [5.41, 5.74) is 2.04. The zero-order valence-electron chi connectivity index (χ0n) is 11.9. The van der Waals surface area contributed by atoms with E-state index in [-0.39, 0.29) is 12.1 Å². The van der Waals surface area contributed by atoms with Crippen molar-refractivity contribution in [1.82, 2.24) is 15.1 Å². The van der Waals surface area contributed by atoms with Gasteiger partial charge in [0.15, 0.2) is 0 Å². The lowest BCUT2D eigenvalue weighted by Gasteiger charge is -2.32. The Hall–Kier alpha value is -0.870. The summed E-state index contributed by atoms with van der Waals surface area (Å²) < 4.78 is 2.07. The summed E-state index contributed by atoms with van der Waals surface area (Å²) >= 11 is 0. The van der Waals surface area contributed by atoms with Gasteiger partial charge in [-0.2, -0.15) is 5.10 Å². The molecule has 1 fully saturated rings. The highest BCUT2D eigenvalue weighted by atomic mass is 16.3. The normalized spacial score (nSPS) is 20.7. The first-order valence-corrected chi connectivity index (χ1v) is 6.85. The Morgan fingerprint density at radius 1 is 1.56 bits per heavy atom. The Morgan fingerprint density at radius 2 is 2.22 bits per heavy atom. The summed E-state index contributed by atoms with van der Waals surface area (Å²) in [4.78, 5) is 0. The van der Waals surface area contributed by atoms with Crippen molar-refractivity contribution in [3.05, 3.63) is 17.5 Å². The van der Waals surface area contributed by atoms with E-state index in [9.17, 15) is 5.11 Å². The van der Waals surface area contributed by atoms with Gasteiger partial charge in [0.05, 0.1) is 18.3 Å². The first-order chi connectivity index (χ1) is 8.43. The van der Waals surface area contributed by atoms with E-state index in [1.165, 1.54) is 18.5 Å². The molecule has 0 aliphatic heterocycles. The van der Waals surface area contributed by atoms with Crippen molar-refractivity contribution in [2.24, 2.45) is 0 Å². The van der Waals surface area contributed by atoms with Crippen molar-refractivity contribution in [3.63, 3.8) is 0 Å². The highest BCUT2D eigenvalue weighted by Crippen LogP contribution is 2.27. The van der Waals surface area contributed by atoms with Crippen molar-refractivity contribution >= 4 is 0 Å². The maximum Gasteiger partial charge on any atom is 0.0611 e. The molecule has 2 atom stereocenters. The first-order valence-electron chi connectivity index (χ1n) is 6.85. The highest BCUT2D eigenvalue weighted by molar-refractivity contribution is 5.08. The molecule has 18 heavy (non-hydrogen) atoms. The summed E-state index contributed by atoms with van der Waals surface area (Å²) in [6.07, 6.45) is 3.37. The summed E-state index contributed by atoms with van der Waals surface area (Å²) in [7, 11) is 0. The molecule has 1 saturated carbocycles. The number of nitrogens with one attached hydrogen (secondary N) is 1. The van der Waals surface area contributed by atoms with Gasteiger partial charge in [0.25, 0.3) is 0 Å². The van der Waals surface area contributed by atoms with Crippen LogP contribution in [0.5, 0.6) is 0 Å². The van der Waals surface area contributed by atoms with E-state index in [4.69, 9.17) is 0 Å². The fraction of sp³-hybridized carbons (Fsp3) is 0.786. The van der Waals surface area contributed by atoms with Gasteiger partial charge >= 0.3 is 0 Å². The molecule has 2 rings (SSSR count). The lowest BCUT2D eigenvalue weighted by atomic mass is 9.94. The molecule has 102 valence electrons. The average molecular weight is 251 g/mol. The summed E-state index contributed by atoms with van der Waals surface area (Å²) in [5, 5.41) is 17.7. The number of hydrogen-bond acceptors (Lipinski definition) is 3. The van der Waals surface area contributed by atoms with Gasteiger partial charge in [-0.1, -0.05) is 0 Å². The minimum absolute atomic E-state index is 0.174. The highest BCUT2D eigenvalue weighted by Gasteiger charge is 2.33. The smallest absolute Gasteiger partial charge is 0.0611 e. The SMILES string of the molecule is Cc1cc(C)n(C(C)CC(C)(CO)NC2CC2)n1. The third kappa shape index (κ3) is 3.12. The van der Waals surface area contributed by atoms with Crippen LogP contribution in [-0.2, 0) is 0 Å². The molecule has 1 aliphatic carbocycles. The lowest BCUT2D eigenvalue weighted by molar-refractivity contribution is 0.146. The molecule has 1 aromatic heterocycles. The van der Waals surface area contributed by atoms with E-state index >= 15 is 0 Å². The average Bonchev–Trinajstić information content (AvgIpc) is 3.02. The molecule has 4 heteroatoms. The van der Waals surface area contributed by atoms with Crippen LogP contribution in [0.2, 0.25) is 0 Å². The molecule has 1 aromatic rings. The first kappa shape index (κ1) is 13.6. The van der Waals surface area contributed by atoms with Gasteiger partial charge < -0.3 is 10.4 Å². The van der Waals surface area contributed by atoms with Crippen molar-refractivity contribution < 1.29 is 5.11 Å². The molecule has 2 N–H and O–H groups in total. The predicted molar refractivity (Wildman–Crippen MR) is 72.7 cm³/mol. The van der Waals surface area contributed by atoms with E-state index < -0.39 is 0 Å². The molecule has 4 nitrogen and oxygen atoms in total. The third-order valence-corrected chi connectivity index (χ3v) is 3.69. The molecule has 0 amide bonds. The van der Waals surface area contributed by atoms with Crippen molar-refractivity contribution in [3.8, 4) is 0 Å². The summed E-state index contributed by atoms with van der Waals surface area (Å²) in [6, 6.07) is 3.00. The van der Waals surface area contributed by atoms with Gasteiger partial charge in [-0.15, -0.1) is 0 Å². The fourth-order valence-corrected chi connectivity index (χ4v) is 2.72. The van der Waals surface area contributed by atoms with Crippen molar-refractivity contribution in [2.75, 3.05) is 6.61 Å². The number of aliphatic hydroxyl groups excluding tert-OH is 1. The topological polar surface area (TPSA) is 50.1 Å². The van der Waals surface area contributed by atoms with Crippen LogP contribution >= 0.6 is 0 Å². The molecule has 1 heterocycles. The van der Waals surface area contributed by atoms with Crippen LogP contribution in [0.3, 0.4) is 0 Å². The maximum atomic E-state index is 9.64. The monoisotopic (exact) mass is 251 g/mol. The molecule has 2 unspecified atom stereocenters. The van der Waals surface area contributed by atoms with E-state index in [0.29, 0.717) is 12.1 Å². The van der Waals surface area contributed by atoms with Gasteiger partial charge in [0.2, 0.25) is 0 Å². The lowest BCUT2D eigenvalue weighted by Crippen LogP contribution is -2.48. The Morgan fingerprint density at radius 3 is 2.67 bits per heavy atom. The summed E-state index contributed by atoms with van der Waals surface area (Å²) in [5.74, 6) is 0. The molecule has 0 bridgehead atoms. The number of hydrogen-bond donors (Lipinski definition) is 2. The van der Waals surface area contributed by atoms with Crippen LogP contribution in [0.15, 0.2) is 6.07 Å². The molecule has 0 aromatic carbocycles. The zero-order chi connectivity index (χ0) is 13.3. The Bertz CT molecular complexity index is 411. The Balaban J connectivity index is 2.04. The van der Waals surface area contributed by atoms with Crippen LogP contribution in [0.1, 0.15) is 50.5 Å². The van der Waals surface area contributed by atoms with Gasteiger partial charge in [-0.3, -0.25) is 4.68 Å². The molecular formula is C14H25N3O. The van der Waals surface area contributed by atoms with Crippen LogP contribution in [0.4, 0.5) is 0 Å². The third-order valence-electron chi connectivity index (χ3n) is 3.69. The van der Waals surface area contributed by atoms with Crippen molar-refractivity contribution in [2.45, 2.75) is 64.6 Å². The predicted octanol–water partition coefficient (Wildman–Crippen LogP) is 1.95. The fourth-order valence-electron chi connectivity index (χ4n) is 2.72. The summed E-state index contributed by atoms with van der Waals surface area (Å²) in [6.45, 7) is 8.55. The van der Waals surface area contributed by atoms with Gasteiger partial charge in [0.1, 0.15) is 0 Å². The van der Waals surface area contributed by atoms with Gasteiger partial charge in [-0.05, 0) is 53.0 Å². The van der Waals surface area contributed by atoms with Crippen LogP contribution in [0.25, 0.3) is 0 Å². The minimum Gasteiger partial charge on any atom is -0.394 e. The second-order valence-corrected chi connectivity index (χ2v) is 6.06. The van der Waals surface area contributed by atoms with Crippen LogP contribution in [0, 0.1) is 13.8 Å². The molecule has 1 aliphatic rings. The minimum atomic E-state index is -0.202. The number of aromatic nitrogens is 2. The number of aliphatic hydroxyl groups is 1. The second-order valence-electron chi connectivity index (χ2n) is 6.06. The van der Waals surface area contributed by atoms with E-state index in [1.807, 2.05) is 6.92 Å². The number of aryl methyl sites for hydroxylation is 2. The van der Waals surface area contributed by atoms with E-state index in [1.54, 1.807) is 0 Å². The van der Waals surface area contributed by atoms with Gasteiger partial charge in [0, 0.05) is 17.3 Å². The van der Waals surface area contributed by atoms with Crippen LogP contribution in [-0.4, -0.2) is 33.1 Å². The number of rotatable bonds is 6. The zero-order valence-corrected chi connectivity index (χ0v) is 11.9. The number of nitrogens with zero attached hydrogens (tertiary/aromatic N) is 2. The largest absolute Gasteiger partial charge is 0.394 e. The van der Waals surface area contributed by atoms with E-state index in [2.05, 4.69) is 41.9 Å². The van der Waals surface area contributed by atoms with Crippen LogP contribution < -0.4 is 5.32 Å². The van der Waals surface area contributed by atoms with Gasteiger partial charge in [-0.25, -0.2) is 0 Å². The van der Waals surface area contributed by atoms with E-state index in [0.717, 1.165) is 12.1 Å². The van der Waals surface area contributed by atoms with Crippen molar-refractivity contribution in [1.29, 1.82) is 0 Å². The molecule has 0 spiro atoms. The Labute approximate surface area is 109 Å². The quantitative estimate of drug-likeness (QED) is 0.812. The molecule has 0 saturated heterocycles. The Kier molecular flexibility index (Phi) is 3.78. The molecule has 0 radical (unpaired) electrons.